The van der Waals surface area contributed by atoms with Crippen LogP contribution in [0.4, 0.5) is 13.2 Å². The SMILES string of the molecule is CCOC(=O)Cc1c(Cl)ncc(F)c1C(F)F. The van der Waals surface area contributed by atoms with E-state index in [9.17, 15) is 18.0 Å². The normalized spacial score (nSPS) is 10.7. The number of alkyl halides is 2. The Morgan fingerprint density at radius 1 is 1.59 bits per heavy atom. The van der Waals surface area contributed by atoms with Gasteiger partial charge in [0.15, 0.2) is 5.82 Å². The summed E-state index contributed by atoms with van der Waals surface area (Å²) in [6, 6.07) is 0. The Hall–Kier alpha value is -1.30. The lowest BCUT2D eigenvalue weighted by Crippen LogP contribution is -2.12. The fourth-order valence-corrected chi connectivity index (χ4v) is 1.49. The molecule has 1 heterocycles. The monoisotopic (exact) mass is 267 g/mol. The van der Waals surface area contributed by atoms with E-state index in [1.807, 2.05) is 0 Å². The zero-order valence-electron chi connectivity index (χ0n) is 8.84. The van der Waals surface area contributed by atoms with Crippen molar-refractivity contribution >= 4 is 17.6 Å². The molecule has 0 spiro atoms. The van der Waals surface area contributed by atoms with Crippen LogP contribution >= 0.6 is 11.6 Å². The molecular formula is C10H9ClF3NO2. The molecule has 0 N–H and O–H groups in total. The standard InChI is InChI=1S/C10H9ClF3NO2/c1-2-17-7(16)3-5-8(10(13)14)6(12)4-15-9(5)11/h4,10H,2-3H2,1H3. The fraction of sp³-hybridized carbons (Fsp3) is 0.400. The van der Waals surface area contributed by atoms with Gasteiger partial charge in [-0.05, 0) is 6.92 Å². The zero-order valence-corrected chi connectivity index (χ0v) is 9.60. The third kappa shape index (κ3) is 3.33. The first kappa shape index (κ1) is 13.8. The van der Waals surface area contributed by atoms with Crippen molar-refractivity contribution in [2.24, 2.45) is 0 Å². The van der Waals surface area contributed by atoms with E-state index < -0.39 is 30.2 Å². The minimum atomic E-state index is -3.07. The van der Waals surface area contributed by atoms with Gasteiger partial charge in [-0.25, -0.2) is 18.2 Å². The molecule has 0 unspecified atom stereocenters. The quantitative estimate of drug-likeness (QED) is 0.622. The predicted molar refractivity (Wildman–Crippen MR) is 54.5 cm³/mol. The van der Waals surface area contributed by atoms with Gasteiger partial charge in [-0.3, -0.25) is 4.79 Å². The Labute approximate surface area is 101 Å². The first-order valence-corrected chi connectivity index (χ1v) is 5.11. The van der Waals surface area contributed by atoms with Crippen molar-refractivity contribution in [3.05, 3.63) is 28.3 Å². The molecule has 0 aliphatic carbocycles. The lowest BCUT2D eigenvalue weighted by atomic mass is 10.1. The van der Waals surface area contributed by atoms with Crippen LogP contribution in [-0.4, -0.2) is 17.6 Å². The lowest BCUT2D eigenvalue weighted by molar-refractivity contribution is -0.142. The summed E-state index contributed by atoms with van der Waals surface area (Å²) in [4.78, 5) is 14.6. The van der Waals surface area contributed by atoms with Crippen molar-refractivity contribution in [2.45, 2.75) is 19.8 Å². The predicted octanol–water partition coefficient (Wildman–Crippen LogP) is 2.92. The summed E-state index contributed by atoms with van der Waals surface area (Å²) >= 11 is 5.57. The molecule has 1 aromatic rings. The molecule has 0 amide bonds. The highest BCUT2D eigenvalue weighted by Gasteiger charge is 2.23. The number of halogens is 4. The van der Waals surface area contributed by atoms with Crippen molar-refractivity contribution in [1.82, 2.24) is 4.98 Å². The highest BCUT2D eigenvalue weighted by molar-refractivity contribution is 6.30. The second kappa shape index (κ2) is 5.86. The Bertz CT molecular complexity index is 426. The number of rotatable bonds is 4. The second-order valence-electron chi connectivity index (χ2n) is 3.07. The number of esters is 1. The summed E-state index contributed by atoms with van der Waals surface area (Å²) in [6.45, 7) is 1.67. The van der Waals surface area contributed by atoms with E-state index in [2.05, 4.69) is 9.72 Å². The first-order chi connectivity index (χ1) is 7.97. The number of nitrogens with zero attached hydrogens (tertiary/aromatic N) is 1. The summed E-state index contributed by atoms with van der Waals surface area (Å²) in [5.41, 5.74) is -1.24. The highest BCUT2D eigenvalue weighted by atomic mass is 35.5. The maximum Gasteiger partial charge on any atom is 0.310 e. The van der Waals surface area contributed by atoms with Crippen LogP contribution in [0.3, 0.4) is 0 Å². The first-order valence-electron chi connectivity index (χ1n) is 4.73. The molecule has 0 saturated carbocycles. The molecule has 1 aromatic heterocycles. The van der Waals surface area contributed by atoms with Crippen LogP contribution in [0, 0.1) is 5.82 Å². The third-order valence-electron chi connectivity index (χ3n) is 1.97. The summed E-state index contributed by atoms with van der Waals surface area (Å²) in [6.07, 6.45) is -3.00. The van der Waals surface area contributed by atoms with Gasteiger partial charge in [0.05, 0.1) is 24.8 Å². The third-order valence-corrected chi connectivity index (χ3v) is 2.29. The smallest absolute Gasteiger partial charge is 0.310 e. The molecule has 0 aromatic carbocycles. The van der Waals surface area contributed by atoms with Crippen molar-refractivity contribution in [2.75, 3.05) is 6.61 Å². The van der Waals surface area contributed by atoms with Crippen molar-refractivity contribution in [1.29, 1.82) is 0 Å². The molecule has 17 heavy (non-hydrogen) atoms. The Kier molecular flexibility index (Phi) is 4.74. The topological polar surface area (TPSA) is 39.2 Å². The molecule has 94 valence electrons. The molecule has 3 nitrogen and oxygen atoms in total. The maximum absolute atomic E-state index is 13.2. The van der Waals surface area contributed by atoms with E-state index in [1.54, 1.807) is 6.92 Å². The fourth-order valence-electron chi connectivity index (χ4n) is 1.28. The number of carbonyl (C=O) groups is 1. The van der Waals surface area contributed by atoms with Crippen LogP contribution in [0.15, 0.2) is 6.20 Å². The van der Waals surface area contributed by atoms with E-state index in [0.717, 1.165) is 0 Å². The van der Waals surface area contributed by atoms with Gasteiger partial charge in [0.2, 0.25) is 0 Å². The zero-order chi connectivity index (χ0) is 13.0. The number of pyridine rings is 1. The molecule has 0 aliphatic heterocycles. The number of ether oxygens (including phenoxy) is 1. The number of hydrogen-bond acceptors (Lipinski definition) is 3. The molecule has 1 rings (SSSR count). The molecule has 0 bridgehead atoms. The van der Waals surface area contributed by atoms with E-state index >= 15 is 0 Å². The Balaban J connectivity index is 3.12. The lowest BCUT2D eigenvalue weighted by Gasteiger charge is -2.10. The van der Waals surface area contributed by atoms with Crippen LogP contribution in [-0.2, 0) is 16.0 Å². The molecule has 0 saturated heterocycles. The van der Waals surface area contributed by atoms with E-state index in [-0.39, 0.29) is 17.3 Å². The van der Waals surface area contributed by atoms with E-state index in [4.69, 9.17) is 11.6 Å². The molecule has 0 aliphatic rings. The van der Waals surface area contributed by atoms with Gasteiger partial charge in [-0.1, -0.05) is 11.6 Å². The van der Waals surface area contributed by atoms with Gasteiger partial charge in [0.1, 0.15) is 5.15 Å². The van der Waals surface area contributed by atoms with Gasteiger partial charge in [0, 0.05) is 5.56 Å². The van der Waals surface area contributed by atoms with Crippen LogP contribution in [0.2, 0.25) is 5.15 Å². The summed E-state index contributed by atoms with van der Waals surface area (Å²) in [5.74, 6) is -1.95. The van der Waals surface area contributed by atoms with Crippen molar-refractivity contribution in [3.8, 4) is 0 Å². The van der Waals surface area contributed by atoms with Gasteiger partial charge >= 0.3 is 5.97 Å². The van der Waals surface area contributed by atoms with Gasteiger partial charge in [-0.15, -0.1) is 0 Å². The number of aromatic nitrogens is 1. The average Bonchev–Trinajstić information content (AvgIpc) is 2.23. The maximum atomic E-state index is 13.2. The molecular weight excluding hydrogens is 259 g/mol. The van der Waals surface area contributed by atoms with Crippen molar-refractivity contribution < 1.29 is 22.7 Å². The van der Waals surface area contributed by atoms with Crippen LogP contribution in [0.25, 0.3) is 0 Å². The van der Waals surface area contributed by atoms with Crippen LogP contribution in [0.5, 0.6) is 0 Å². The highest BCUT2D eigenvalue weighted by Crippen LogP contribution is 2.29. The van der Waals surface area contributed by atoms with Gasteiger partial charge in [-0.2, -0.15) is 0 Å². The van der Waals surface area contributed by atoms with Crippen molar-refractivity contribution in [3.63, 3.8) is 0 Å². The van der Waals surface area contributed by atoms with Crippen LogP contribution in [0.1, 0.15) is 24.5 Å². The van der Waals surface area contributed by atoms with E-state index in [1.165, 1.54) is 0 Å². The summed E-state index contributed by atoms with van der Waals surface area (Å²) in [5, 5.41) is -0.324. The summed E-state index contributed by atoms with van der Waals surface area (Å²) < 4.78 is 43.0. The Morgan fingerprint density at radius 3 is 2.76 bits per heavy atom. The second-order valence-corrected chi connectivity index (χ2v) is 3.43. The van der Waals surface area contributed by atoms with Crippen LogP contribution < -0.4 is 0 Å². The summed E-state index contributed by atoms with van der Waals surface area (Å²) in [7, 11) is 0. The number of carbonyl (C=O) groups excluding carboxylic acids is 1. The Morgan fingerprint density at radius 2 is 2.24 bits per heavy atom. The minimum Gasteiger partial charge on any atom is -0.466 e. The van der Waals surface area contributed by atoms with E-state index in [0.29, 0.717) is 6.20 Å². The molecule has 0 atom stereocenters. The molecule has 0 fully saturated rings. The average molecular weight is 268 g/mol. The minimum absolute atomic E-state index is 0.100. The molecule has 0 radical (unpaired) electrons. The van der Waals surface area contributed by atoms with Gasteiger partial charge < -0.3 is 4.74 Å². The molecule has 7 heteroatoms. The largest absolute Gasteiger partial charge is 0.466 e. The van der Waals surface area contributed by atoms with Gasteiger partial charge in [0.25, 0.3) is 6.43 Å². The number of hydrogen-bond donors (Lipinski definition) is 0.